The summed E-state index contributed by atoms with van der Waals surface area (Å²) in [5, 5.41) is 0. The Kier molecular flexibility index (Phi) is 5.38. The molecule has 2 N–H and O–H groups in total. The minimum absolute atomic E-state index is 0.351. The topological polar surface area (TPSA) is 83.8 Å². The Morgan fingerprint density at radius 2 is 1.59 bits per heavy atom. The molecule has 5 nitrogen and oxygen atoms in total. The SMILES string of the molecule is CCC(CC)(CP(=O)(O)O)C(=O)OC(C)(C)C. The van der Waals surface area contributed by atoms with Crippen LogP contribution in [0.4, 0.5) is 0 Å². The van der Waals surface area contributed by atoms with Crippen molar-refractivity contribution in [2.75, 3.05) is 6.16 Å². The molecule has 0 amide bonds. The predicted octanol–water partition coefficient (Wildman–Crippen LogP) is 2.31. The van der Waals surface area contributed by atoms with Crippen molar-refractivity contribution in [3.63, 3.8) is 0 Å². The monoisotopic (exact) mass is 266 g/mol. The molecule has 0 saturated carbocycles. The molecule has 0 aliphatic heterocycles. The number of esters is 1. The minimum atomic E-state index is -4.24. The molecular formula is C11H23O5P. The van der Waals surface area contributed by atoms with Crippen LogP contribution in [0, 0.1) is 5.41 Å². The van der Waals surface area contributed by atoms with Crippen molar-refractivity contribution in [2.24, 2.45) is 5.41 Å². The van der Waals surface area contributed by atoms with Crippen molar-refractivity contribution in [3.8, 4) is 0 Å². The molecule has 0 spiro atoms. The van der Waals surface area contributed by atoms with Crippen LogP contribution in [0.1, 0.15) is 47.5 Å². The average molecular weight is 266 g/mol. The van der Waals surface area contributed by atoms with Gasteiger partial charge in [-0.3, -0.25) is 9.36 Å². The van der Waals surface area contributed by atoms with Gasteiger partial charge in [-0.15, -0.1) is 0 Å². The van der Waals surface area contributed by atoms with Crippen molar-refractivity contribution >= 4 is 13.6 Å². The van der Waals surface area contributed by atoms with Gasteiger partial charge in [-0.25, -0.2) is 0 Å². The molecule has 0 atom stereocenters. The zero-order valence-electron chi connectivity index (χ0n) is 11.2. The fourth-order valence-electron chi connectivity index (χ4n) is 1.61. The average Bonchev–Trinajstić information content (AvgIpc) is 2.09. The van der Waals surface area contributed by atoms with Crippen LogP contribution in [0.2, 0.25) is 0 Å². The Morgan fingerprint density at radius 3 is 1.82 bits per heavy atom. The summed E-state index contributed by atoms with van der Waals surface area (Å²) in [6, 6.07) is 0. The molecule has 0 saturated heterocycles. The van der Waals surface area contributed by atoms with Crippen molar-refractivity contribution in [1.82, 2.24) is 0 Å². The van der Waals surface area contributed by atoms with E-state index in [4.69, 9.17) is 14.5 Å². The van der Waals surface area contributed by atoms with Gasteiger partial charge >= 0.3 is 13.6 Å². The third-order valence-corrected chi connectivity index (χ3v) is 3.71. The zero-order chi connectivity index (χ0) is 13.9. The third kappa shape index (κ3) is 5.66. The molecule has 6 heteroatoms. The molecule has 0 aromatic heterocycles. The first kappa shape index (κ1) is 16.6. The van der Waals surface area contributed by atoms with E-state index in [0.29, 0.717) is 12.8 Å². The number of carbonyl (C=O) groups is 1. The molecule has 102 valence electrons. The first-order valence-corrected chi connectivity index (χ1v) is 7.53. The number of carbonyl (C=O) groups excluding carboxylic acids is 1. The van der Waals surface area contributed by atoms with E-state index in [1.165, 1.54) is 0 Å². The maximum atomic E-state index is 12.1. The minimum Gasteiger partial charge on any atom is -0.460 e. The Morgan fingerprint density at radius 1 is 1.18 bits per heavy atom. The van der Waals surface area contributed by atoms with E-state index in [1.807, 2.05) is 0 Å². The van der Waals surface area contributed by atoms with Gasteiger partial charge in [0, 0.05) is 0 Å². The number of ether oxygens (including phenoxy) is 1. The van der Waals surface area contributed by atoms with Crippen LogP contribution in [0.25, 0.3) is 0 Å². The van der Waals surface area contributed by atoms with E-state index in [0.717, 1.165) is 0 Å². The van der Waals surface area contributed by atoms with Gasteiger partial charge < -0.3 is 14.5 Å². The first-order chi connectivity index (χ1) is 7.46. The largest absolute Gasteiger partial charge is 0.460 e. The van der Waals surface area contributed by atoms with Crippen LogP contribution in [-0.4, -0.2) is 27.5 Å². The van der Waals surface area contributed by atoms with Crippen LogP contribution < -0.4 is 0 Å². The molecule has 0 aliphatic rings. The van der Waals surface area contributed by atoms with E-state index >= 15 is 0 Å². The highest BCUT2D eigenvalue weighted by Gasteiger charge is 2.43. The number of rotatable bonds is 5. The summed E-state index contributed by atoms with van der Waals surface area (Å²) < 4.78 is 16.4. The second-order valence-corrected chi connectivity index (χ2v) is 6.96. The fraction of sp³-hybridized carbons (Fsp3) is 0.909. The summed E-state index contributed by atoms with van der Waals surface area (Å²) in [6.07, 6.45) is 0.245. The van der Waals surface area contributed by atoms with Crippen LogP contribution in [0.3, 0.4) is 0 Å². The third-order valence-electron chi connectivity index (χ3n) is 2.69. The maximum absolute atomic E-state index is 12.1. The molecule has 0 unspecified atom stereocenters. The van der Waals surface area contributed by atoms with Gasteiger partial charge in [-0.2, -0.15) is 0 Å². The quantitative estimate of drug-likeness (QED) is 0.589. The molecular weight excluding hydrogens is 243 g/mol. The van der Waals surface area contributed by atoms with E-state index in [9.17, 15) is 9.36 Å². The molecule has 17 heavy (non-hydrogen) atoms. The lowest BCUT2D eigenvalue weighted by Crippen LogP contribution is -2.39. The number of hydrogen-bond acceptors (Lipinski definition) is 3. The molecule has 0 radical (unpaired) electrons. The van der Waals surface area contributed by atoms with Crippen molar-refractivity contribution in [2.45, 2.75) is 53.1 Å². The van der Waals surface area contributed by atoms with Crippen LogP contribution in [0.15, 0.2) is 0 Å². The molecule has 0 fully saturated rings. The molecule has 0 bridgehead atoms. The van der Waals surface area contributed by atoms with Crippen molar-refractivity contribution < 1.29 is 23.9 Å². The van der Waals surface area contributed by atoms with E-state index in [2.05, 4.69) is 0 Å². The lowest BCUT2D eigenvalue weighted by atomic mass is 9.84. The van der Waals surface area contributed by atoms with E-state index in [-0.39, 0.29) is 0 Å². The molecule has 0 aliphatic carbocycles. The molecule has 0 rings (SSSR count). The standard InChI is InChI=1S/C11H23O5P/c1-6-11(7-2,8-17(13,14)15)9(12)16-10(3,4)5/h6-8H2,1-5H3,(H2,13,14,15). The van der Waals surface area contributed by atoms with Crippen molar-refractivity contribution in [1.29, 1.82) is 0 Å². The summed E-state index contributed by atoms with van der Waals surface area (Å²) in [5.41, 5.74) is -1.74. The van der Waals surface area contributed by atoms with E-state index < -0.39 is 30.7 Å². The molecule has 0 aromatic rings. The highest BCUT2D eigenvalue weighted by atomic mass is 31.2. The van der Waals surface area contributed by atoms with Gasteiger partial charge in [0.1, 0.15) is 5.60 Å². The summed E-state index contributed by atoms with van der Waals surface area (Å²) in [6.45, 7) is 8.68. The summed E-state index contributed by atoms with van der Waals surface area (Å²) in [5.74, 6) is -0.529. The van der Waals surface area contributed by atoms with Crippen LogP contribution in [-0.2, 0) is 14.1 Å². The second-order valence-electron chi connectivity index (χ2n) is 5.31. The Balaban J connectivity index is 5.07. The van der Waals surface area contributed by atoms with Crippen LogP contribution in [0.5, 0.6) is 0 Å². The number of hydrogen-bond donors (Lipinski definition) is 2. The summed E-state index contributed by atoms with van der Waals surface area (Å²) in [4.78, 5) is 30.2. The zero-order valence-corrected chi connectivity index (χ0v) is 12.1. The summed E-state index contributed by atoms with van der Waals surface area (Å²) in [7, 11) is -4.24. The summed E-state index contributed by atoms with van der Waals surface area (Å²) >= 11 is 0. The predicted molar refractivity (Wildman–Crippen MR) is 65.8 cm³/mol. The Hall–Kier alpha value is -0.380. The van der Waals surface area contributed by atoms with Gasteiger partial charge in [0.2, 0.25) is 0 Å². The lowest BCUT2D eigenvalue weighted by Gasteiger charge is -2.32. The second kappa shape index (κ2) is 5.51. The van der Waals surface area contributed by atoms with Crippen LogP contribution >= 0.6 is 7.60 Å². The van der Waals surface area contributed by atoms with Gasteiger partial charge in [-0.1, -0.05) is 13.8 Å². The fourth-order valence-corrected chi connectivity index (χ4v) is 2.97. The molecule has 0 aromatic carbocycles. The van der Waals surface area contributed by atoms with Gasteiger partial charge in [0.15, 0.2) is 0 Å². The maximum Gasteiger partial charge on any atom is 0.326 e. The highest BCUT2D eigenvalue weighted by Crippen LogP contribution is 2.46. The van der Waals surface area contributed by atoms with Gasteiger partial charge in [0.25, 0.3) is 0 Å². The molecule has 0 heterocycles. The lowest BCUT2D eigenvalue weighted by molar-refractivity contribution is -0.167. The first-order valence-electron chi connectivity index (χ1n) is 5.74. The van der Waals surface area contributed by atoms with Gasteiger partial charge in [0.05, 0.1) is 11.6 Å². The normalized spacial score (nSPS) is 13.6. The van der Waals surface area contributed by atoms with E-state index in [1.54, 1.807) is 34.6 Å². The smallest absolute Gasteiger partial charge is 0.326 e. The Labute approximate surface area is 103 Å². The highest BCUT2D eigenvalue weighted by molar-refractivity contribution is 7.51. The van der Waals surface area contributed by atoms with Gasteiger partial charge in [-0.05, 0) is 33.6 Å². The Bertz CT molecular complexity index is 308. The van der Waals surface area contributed by atoms with Crippen molar-refractivity contribution in [3.05, 3.63) is 0 Å².